The number of benzene rings is 2. The molecule has 0 fully saturated rings. The summed E-state index contributed by atoms with van der Waals surface area (Å²) in [4.78, 5) is 11.6. The van der Waals surface area contributed by atoms with Gasteiger partial charge in [0.05, 0.1) is 12.7 Å². The molecule has 0 spiro atoms. The van der Waals surface area contributed by atoms with E-state index in [1.54, 1.807) is 36.4 Å². The summed E-state index contributed by atoms with van der Waals surface area (Å²) >= 11 is 0. The molecule has 0 aromatic heterocycles. The lowest BCUT2D eigenvalue weighted by molar-refractivity contribution is -0.155. The van der Waals surface area contributed by atoms with E-state index in [4.69, 9.17) is 9.47 Å². The van der Waals surface area contributed by atoms with Crippen LogP contribution in [0.4, 0.5) is 17.6 Å². The molecule has 0 N–H and O–H groups in total. The molecule has 2 rings (SSSR count). The first kappa shape index (κ1) is 19.6. The van der Waals surface area contributed by atoms with E-state index in [2.05, 4.69) is 4.74 Å². The van der Waals surface area contributed by atoms with E-state index >= 15 is 0 Å². The second-order valence-electron chi connectivity index (χ2n) is 5.30. The number of hydrogen-bond donors (Lipinski definition) is 0. The Bertz CT molecular complexity index is 732. The van der Waals surface area contributed by atoms with Gasteiger partial charge < -0.3 is 14.2 Å². The summed E-state index contributed by atoms with van der Waals surface area (Å²) in [5.41, 5.74) is 0.683. The third kappa shape index (κ3) is 5.37. The van der Waals surface area contributed by atoms with Crippen LogP contribution in [-0.2, 0) is 11.3 Å². The molecule has 0 unspecified atom stereocenters. The number of esters is 1. The van der Waals surface area contributed by atoms with Gasteiger partial charge in [-0.25, -0.2) is 13.6 Å². The minimum absolute atomic E-state index is 0.0276. The summed E-state index contributed by atoms with van der Waals surface area (Å²) in [6, 6.07) is 12.8. The Morgan fingerprint density at radius 3 is 2.35 bits per heavy atom. The minimum atomic E-state index is -4.37. The number of alkyl halides is 4. The molecule has 0 atom stereocenters. The Kier molecular flexibility index (Phi) is 6.43. The van der Waals surface area contributed by atoms with Gasteiger partial charge in [0, 0.05) is 6.07 Å². The topological polar surface area (TPSA) is 44.8 Å². The molecule has 0 saturated carbocycles. The van der Waals surface area contributed by atoms with Gasteiger partial charge in [0.2, 0.25) is 0 Å². The fourth-order valence-corrected chi connectivity index (χ4v) is 1.90. The van der Waals surface area contributed by atoms with Crippen LogP contribution >= 0.6 is 0 Å². The van der Waals surface area contributed by atoms with Crippen molar-refractivity contribution in [3.8, 4) is 11.5 Å². The van der Waals surface area contributed by atoms with Crippen LogP contribution in [0.1, 0.15) is 15.9 Å². The van der Waals surface area contributed by atoms with Crippen molar-refractivity contribution in [1.29, 1.82) is 0 Å². The van der Waals surface area contributed by atoms with Crippen molar-refractivity contribution in [3.05, 3.63) is 59.7 Å². The summed E-state index contributed by atoms with van der Waals surface area (Å²) in [6.45, 7) is -1.48. The molecule has 8 heteroatoms. The van der Waals surface area contributed by atoms with Crippen LogP contribution in [0.2, 0.25) is 0 Å². The van der Waals surface area contributed by atoms with Gasteiger partial charge in [-0.2, -0.15) is 8.78 Å². The van der Waals surface area contributed by atoms with Gasteiger partial charge in [0.25, 0.3) is 0 Å². The van der Waals surface area contributed by atoms with E-state index in [0.717, 1.165) is 0 Å². The highest BCUT2D eigenvalue weighted by molar-refractivity contribution is 5.89. The van der Waals surface area contributed by atoms with E-state index < -0.39 is 24.9 Å². The minimum Gasteiger partial charge on any atom is -0.497 e. The normalized spacial score (nSPS) is 11.3. The number of halogens is 4. The lowest BCUT2D eigenvalue weighted by atomic mass is 10.1. The number of rotatable bonds is 8. The molecule has 0 aliphatic heterocycles. The van der Waals surface area contributed by atoms with Gasteiger partial charge in [-0.15, -0.1) is 0 Å². The Labute approximate surface area is 147 Å². The van der Waals surface area contributed by atoms with Crippen molar-refractivity contribution >= 4 is 5.97 Å². The monoisotopic (exact) mass is 372 g/mol. The van der Waals surface area contributed by atoms with Crippen molar-refractivity contribution < 1.29 is 36.6 Å². The predicted molar refractivity (Wildman–Crippen MR) is 85.0 cm³/mol. The zero-order chi connectivity index (χ0) is 19.2. The smallest absolute Gasteiger partial charge is 0.340 e. The molecule has 2 aromatic carbocycles. The third-order valence-corrected chi connectivity index (χ3v) is 3.35. The van der Waals surface area contributed by atoms with Crippen LogP contribution < -0.4 is 9.47 Å². The van der Waals surface area contributed by atoms with Crippen molar-refractivity contribution in [2.24, 2.45) is 0 Å². The fraction of sp³-hybridized carbons (Fsp3) is 0.278. The number of ether oxygens (including phenoxy) is 3. The molecular formula is C18H16F4O4. The number of carbonyl (C=O) groups excluding carboxylic acids is 1. The van der Waals surface area contributed by atoms with Crippen molar-refractivity contribution in [3.63, 3.8) is 0 Å². The lowest BCUT2D eigenvalue weighted by Crippen LogP contribution is -2.33. The van der Waals surface area contributed by atoms with Crippen LogP contribution in [-0.4, -0.2) is 32.0 Å². The molecule has 4 nitrogen and oxygen atoms in total. The molecule has 140 valence electrons. The maximum atomic E-state index is 12.7. The zero-order valence-electron chi connectivity index (χ0n) is 13.8. The van der Waals surface area contributed by atoms with Crippen molar-refractivity contribution in [1.82, 2.24) is 0 Å². The Morgan fingerprint density at radius 2 is 1.73 bits per heavy atom. The molecule has 0 radical (unpaired) electrons. The lowest BCUT2D eigenvalue weighted by Gasteiger charge is -2.15. The first-order valence-electron chi connectivity index (χ1n) is 7.51. The molecular weight excluding hydrogens is 356 g/mol. The van der Waals surface area contributed by atoms with Gasteiger partial charge in [0.15, 0.2) is 6.61 Å². The second kappa shape index (κ2) is 8.55. The van der Waals surface area contributed by atoms with Crippen LogP contribution in [0.25, 0.3) is 0 Å². The quantitative estimate of drug-likeness (QED) is 0.511. The Morgan fingerprint density at radius 1 is 1.08 bits per heavy atom. The van der Waals surface area contributed by atoms with E-state index in [-0.39, 0.29) is 12.2 Å². The number of carbonyl (C=O) groups is 1. The summed E-state index contributed by atoms with van der Waals surface area (Å²) in [5.74, 6) is -4.26. The largest absolute Gasteiger partial charge is 0.497 e. The molecule has 26 heavy (non-hydrogen) atoms. The van der Waals surface area contributed by atoms with E-state index in [9.17, 15) is 22.4 Å². The van der Waals surface area contributed by atoms with E-state index in [1.165, 1.54) is 19.2 Å². The van der Waals surface area contributed by atoms with Gasteiger partial charge in [-0.05, 0) is 29.8 Å². The summed E-state index contributed by atoms with van der Waals surface area (Å²) in [7, 11) is 1.54. The average molecular weight is 372 g/mol. The average Bonchev–Trinajstić information content (AvgIpc) is 2.65. The van der Waals surface area contributed by atoms with Gasteiger partial charge in [0.1, 0.15) is 18.1 Å². The Hall–Kier alpha value is -2.77. The number of methoxy groups -OCH3 is 1. The molecule has 2 aromatic rings. The predicted octanol–water partition coefficient (Wildman–Crippen LogP) is 4.33. The van der Waals surface area contributed by atoms with E-state index in [1.807, 2.05) is 0 Å². The molecule has 0 saturated heterocycles. The fourth-order valence-electron chi connectivity index (χ4n) is 1.90. The summed E-state index contributed by atoms with van der Waals surface area (Å²) < 4.78 is 64.4. The zero-order valence-corrected chi connectivity index (χ0v) is 13.8. The molecule has 0 aliphatic rings. The standard InChI is InChI=1S/C18H16F4O4/c1-24-14-3-2-4-15(9-14)25-10-12-5-7-13(8-6-12)16(23)26-11-18(21,22)17(19)20/h2-9,17H,10-11H2,1H3. The van der Waals surface area contributed by atoms with Gasteiger partial charge in [-0.1, -0.05) is 18.2 Å². The maximum Gasteiger partial charge on any atom is 0.340 e. The van der Waals surface area contributed by atoms with Crippen LogP contribution in [0.15, 0.2) is 48.5 Å². The van der Waals surface area contributed by atoms with Crippen molar-refractivity contribution in [2.45, 2.75) is 19.0 Å². The highest BCUT2D eigenvalue weighted by Crippen LogP contribution is 2.23. The Balaban J connectivity index is 1.90. The van der Waals surface area contributed by atoms with Crippen LogP contribution in [0, 0.1) is 0 Å². The first-order chi connectivity index (χ1) is 12.3. The van der Waals surface area contributed by atoms with Crippen molar-refractivity contribution in [2.75, 3.05) is 13.7 Å². The highest BCUT2D eigenvalue weighted by Gasteiger charge is 2.42. The third-order valence-electron chi connectivity index (χ3n) is 3.35. The molecule has 0 bridgehead atoms. The maximum absolute atomic E-state index is 12.7. The molecule has 0 heterocycles. The van der Waals surface area contributed by atoms with Gasteiger partial charge in [-0.3, -0.25) is 0 Å². The first-order valence-corrected chi connectivity index (χ1v) is 7.51. The molecule has 0 aliphatic carbocycles. The van der Waals surface area contributed by atoms with Crippen LogP contribution in [0.5, 0.6) is 11.5 Å². The summed E-state index contributed by atoms with van der Waals surface area (Å²) in [6.07, 6.45) is -3.90. The highest BCUT2D eigenvalue weighted by atomic mass is 19.3. The molecule has 0 amide bonds. The van der Waals surface area contributed by atoms with Gasteiger partial charge >= 0.3 is 18.3 Å². The second-order valence-corrected chi connectivity index (χ2v) is 5.30. The van der Waals surface area contributed by atoms with E-state index in [0.29, 0.717) is 17.1 Å². The number of hydrogen-bond acceptors (Lipinski definition) is 4. The van der Waals surface area contributed by atoms with Crippen LogP contribution in [0.3, 0.4) is 0 Å². The SMILES string of the molecule is COc1cccc(OCc2ccc(C(=O)OCC(F)(F)C(F)F)cc2)c1. The summed E-state index contributed by atoms with van der Waals surface area (Å²) in [5, 5.41) is 0.